The first-order valence-corrected chi connectivity index (χ1v) is 17.2. The molecule has 3 aromatic carbocycles. The fourth-order valence-corrected chi connectivity index (χ4v) is 6.31. The molecule has 12 nitrogen and oxygen atoms in total. The molecule has 0 saturated heterocycles. The Balaban J connectivity index is 1.12. The van der Waals surface area contributed by atoms with Crippen LogP contribution in [0.5, 0.6) is 0 Å². The first-order chi connectivity index (χ1) is 25.1. The summed E-state index contributed by atoms with van der Waals surface area (Å²) in [5, 5.41) is 9.17. The molecule has 52 heavy (non-hydrogen) atoms. The van der Waals surface area contributed by atoms with Crippen LogP contribution in [0.15, 0.2) is 96.2 Å². The first-order valence-electron chi connectivity index (χ1n) is 17.2. The fraction of sp³-hybridized carbons (Fsp3) is 0.225. The molecule has 2 aliphatic heterocycles. The third-order valence-corrected chi connectivity index (χ3v) is 9.49. The van der Waals surface area contributed by atoms with E-state index in [1.165, 1.54) is 4.90 Å². The molecule has 12 heteroatoms. The maximum Gasteiger partial charge on any atom is 0.330 e. The molecular formula is C40H39N9O3. The van der Waals surface area contributed by atoms with E-state index in [4.69, 9.17) is 4.99 Å². The number of benzodiazepines with no additional fused rings is 1. The zero-order valence-electron chi connectivity index (χ0n) is 29.6. The lowest BCUT2D eigenvalue weighted by Crippen LogP contribution is -2.46. The van der Waals surface area contributed by atoms with Gasteiger partial charge in [0.25, 0.3) is 5.91 Å². The summed E-state index contributed by atoms with van der Waals surface area (Å²) in [7, 11) is 1.68. The molecule has 0 spiro atoms. The minimum absolute atomic E-state index is 0.0235. The van der Waals surface area contributed by atoms with Crippen LogP contribution < -0.4 is 25.8 Å². The second-order valence-corrected chi connectivity index (χ2v) is 13.2. The fourth-order valence-electron chi connectivity index (χ4n) is 6.31. The number of aromatic nitrogens is 3. The Morgan fingerprint density at radius 2 is 1.75 bits per heavy atom. The van der Waals surface area contributed by atoms with E-state index in [1.54, 1.807) is 48.6 Å². The van der Waals surface area contributed by atoms with Gasteiger partial charge in [-0.1, -0.05) is 56.7 Å². The van der Waals surface area contributed by atoms with Gasteiger partial charge in [0, 0.05) is 46.9 Å². The van der Waals surface area contributed by atoms with Crippen molar-refractivity contribution in [1.82, 2.24) is 15.0 Å². The molecule has 0 radical (unpaired) electrons. The predicted molar refractivity (Wildman–Crippen MR) is 204 cm³/mol. The molecule has 5 aromatic rings. The summed E-state index contributed by atoms with van der Waals surface area (Å²) in [6.07, 6.45) is 4.20. The van der Waals surface area contributed by atoms with E-state index >= 15 is 0 Å². The van der Waals surface area contributed by atoms with Crippen LogP contribution in [-0.2, 0) is 11.3 Å². The average Bonchev–Trinajstić information content (AvgIpc) is 3.30. The Kier molecular flexibility index (Phi) is 9.20. The monoisotopic (exact) mass is 693 g/mol. The van der Waals surface area contributed by atoms with E-state index in [2.05, 4.69) is 30.9 Å². The van der Waals surface area contributed by atoms with E-state index in [1.807, 2.05) is 82.3 Å². The highest BCUT2D eigenvalue weighted by Gasteiger charge is 2.32. The predicted octanol–water partition coefficient (Wildman–Crippen LogP) is 7.26. The van der Waals surface area contributed by atoms with Crippen molar-refractivity contribution in [1.29, 1.82) is 0 Å². The maximum atomic E-state index is 13.7. The number of rotatable bonds is 8. The Morgan fingerprint density at radius 3 is 2.50 bits per heavy atom. The lowest BCUT2D eigenvalue weighted by Gasteiger charge is -2.35. The number of carbonyl (C=O) groups is 3. The van der Waals surface area contributed by atoms with Gasteiger partial charge >= 0.3 is 6.03 Å². The topological polar surface area (TPSA) is 145 Å². The van der Waals surface area contributed by atoms with Gasteiger partial charge in [0.2, 0.25) is 11.9 Å². The molecular weight excluding hydrogens is 655 g/mol. The van der Waals surface area contributed by atoms with Gasteiger partial charge in [-0.25, -0.2) is 9.78 Å². The van der Waals surface area contributed by atoms with Gasteiger partial charge in [0.15, 0.2) is 0 Å². The van der Waals surface area contributed by atoms with E-state index in [0.29, 0.717) is 40.1 Å². The van der Waals surface area contributed by atoms with Crippen molar-refractivity contribution in [3.8, 4) is 0 Å². The largest absolute Gasteiger partial charge is 0.330 e. The number of urea groups is 1. The van der Waals surface area contributed by atoms with Gasteiger partial charge in [0.05, 0.1) is 35.5 Å². The molecule has 0 unspecified atom stereocenters. The number of fused-ring (bicyclic) bond motifs is 2. The van der Waals surface area contributed by atoms with Crippen LogP contribution in [0.2, 0.25) is 0 Å². The number of benzene rings is 3. The normalized spacial score (nSPS) is 15.9. The lowest BCUT2D eigenvalue weighted by molar-refractivity contribution is -0.118. The van der Waals surface area contributed by atoms with E-state index in [-0.39, 0.29) is 30.3 Å². The summed E-state index contributed by atoms with van der Waals surface area (Å²) in [6.45, 7) is 8.13. The number of pyridine rings is 1. The molecule has 262 valence electrons. The van der Waals surface area contributed by atoms with Crippen LogP contribution in [0, 0.1) is 19.8 Å². The Hall–Kier alpha value is -6.43. The van der Waals surface area contributed by atoms with Gasteiger partial charge in [-0.05, 0) is 67.8 Å². The molecule has 4 amide bonds. The number of anilines is 6. The molecule has 0 saturated carbocycles. The van der Waals surface area contributed by atoms with Gasteiger partial charge < -0.3 is 16.0 Å². The summed E-state index contributed by atoms with van der Waals surface area (Å²) >= 11 is 0. The molecule has 2 aliphatic rings. The highest BCUT2D eigenvalue weighted by molar-refractivity contribution is 6.20. The Labute approximate surface area is 302 Å². The molecule has 0 aliphatic carbocycles. The molecule has 3 N–H and O–H groups in total. The lowest BCUT2D eigenvalue weighted by atomic mass is 9.97. The molecule has 0 fully saturated rings. The van der Waals surface area contributed by atoms with Crippen molar-refractivity contribution in [3.05, 3.63) is 125 Å². The third-order valence-electron chi connectivity index (χ3n) is 9.49. The highest BCUT2D eigenvalue weighted by atomic mass is 16.2. The van der Waals surface area contributed by atoms with Crippen LogP contribution in [0.3, 0.4) is 0 Å². The zero-order chi connectivity index (χ0) is 36.5. The summed E-state index contributed by atoms with van der Waals surface area (Å²) in [5.74, 6) is 0.316. The van der Waals surface area contributed by atoms with Crippen molar-refractivity contribution in [3.63, 3.8) is 0 Å². The standard InChI is InChI=1S/C40H39N9O3/c1-6-23(2)34-38(51)45-32-18-27(14-17-31(32)35(46-34)26-10-8-7-9-11-26)37(50)43-29-15-12-24(3)33(19-29)49-22-28-20-42-39(47-36(28)48(5)40(49)52)44-30-16-13-25(4)41-21-30/h7-21,23,34H,6,22H2,1-5H3,(H,43,50)(H,45,51)(H,42,44,47)/t23-,34-/m1/s1. The summed E-state index contributed by atoms with van der Waals surface area (Å²) in [5.41, 5.74) is 7.63. The number of aryl methyl sites for hydroxylation is 2. The summed E-state index contributed by atoms with van der Waals surface area (Å²) in [4.78, 5) is 62.3. The third kappa shape index (κ3) is 6.70. The van der Waals surface area contributed by atoms with Crippen LogP contribution >= 0.6 is 0 Å². The minimum Gasteiger partial charge on any atom is -0.324 e. The van der Waals surface area contributed by atoms with Crippen LogP contribution in [0.25, 0.3) is 0 Å². The molecule has 7 rings (SSSR count). The highest BCUT2D eigenvalue weighted by Crippen LogP contribution is 2.34. The van der Waals surface area contributed by atoms with Crippen LogP contribution in [-0.4, -0.2) is 51.6 Å². The van der Waals surface area contributed by atoms with Gasteiger partial charge in [-0.2, -0.15) is 4.98 Å². The van der Waals surface area contributed by atoms with Crippen LogP contribution in [0.4, 0.5) is 39.3 Å². The van der Waals surface area contributed by atoms with Crippen molar-refractivity contribution in [2.24, 2.45) is 10.9 Å². The summed E-state index contributed by atoms with van der Waals surface area (Å²) < 4.78 is 0. The zero-order valence-corrected chi connectivity index (χ0v) is 29.6. The van der Waals surface area contributed by atoms with E-state index < -0.39 is 6.04 Å². The average molecular weight is 694 g/mol. The second kappa shape index (κ2) is 14.1. The SMILES string of the molecule is CC[C@@H](C)[C@H]1N=C(c2ccccc2)c2ccc(C(=O)Nc3ccc(C)c(N4Cc5cnc(Nc6ccc(C)nc6)nc5N(C)C4=O)c3)cc2NC1=O. The van der Waals surface area contributed by atoms with Crippen LogP contribution in [0.1, 0.15) is 58.6 Å². The van der Waals surface area contributed by atoms with Crippen molar-refractivity contribution >= 4 is 58.1 Å². The quantitative estimate of drug-likeness (QED) is 0.155. The Bertz CT molecular complexity index is 2220. The molecule has 2 atom stereocenters. The molecule has 4 heterocycles. The molecule has 0 bridgehead atoms. The Morgan fingerprint density at radius 1 is 0.962 bits per heavy atom. The number of nitrogens with one attached hydrogen (secondary N) is 3. The van der Waals surface area contributed by atoms with Gasteiger partial charge in [-0.3, -0.25) is 29.4 Å². The number of amides is 4. The number of aliphatic imine (C=N–C) groups is 1. The minimum atomic E-state index is -0.569. The molecule has 2 aromatic heterocycles. The van der Waals surface area contributed by atoms with Gasteiger partial charge in [0.1, 0.15) is 11.9 Å². The van der Waals surface area contributed by atoms with E-state index in [0.717, 1.165) is 40.1 Å². The van der Waals surface area contributed by atoms with Gasteiger partial charge in [-0.15, -0.1) is 0 Å². The first kappa shape index (κ1) is 34.0. The van der Waals surface area contributed by atoms with Crippen molar-refractivity contribution < 1.29 is 14.4 Å². The number of nitrogens with zero attached hydrogens (tertiary/aromatic N) is 6. The maximum absolute atomic E-state index is 13.7. The van der Waals surface area contributed by atoms with Crippen molar-refractivity contribution in [2.45, 2.75) is 46.7 Å². The summed E-state index contributed by atoms with van der Waals surface area (Å²) in [6, 6.07) is 23.4. The number of hydrogen-bond acceptors (Lipinski definition) is 8. The second-order valence-electron chi connectivity index (χ2n) is 13.2. The number of carbonyl (C=O) groups excluding carboxylic acids is 3. The smallest absolute Gasteiger partial charge is 0.324 e. The number of hydrogen-bond donors (Lipinski definition) is 3. The van der Waals surface area contributed by atoms with E-state index in [9.17, 15) is 14.4 Å². The van der Waals surface area contributed by atoms with Crippen molar-refractivity contribution in [2.75, 3.05) is 32.8 Å².